The van der Waals surface area contributed by atoms with Crippen LogP contribution >= 0.6 is 0 Å². The van der Waals surface area contributed by atoms with E-state index in [0.29, 0.717) is 140 Å². The van der Waals surface area contributed by atoms with E-state index in [1.807, 2.05) is 102 Å². The number of aromatic hydroxyl groups is 1. The number of amides is 2. The number of imidazole rings is 1. The van der Waals surface area contributed by atoms with Gasteiger partial charge >= 0.3 is 17.6 Å². The van der Waals surface area contributed by atoms with Gasteiger partial charge in [0.25, 0.3) is 0 Å². The van der Waals surface area contributed by atoms with Gasteiger partial charge in [0.1, 0.15) is 23.1 Å². The molecule has 4 rings (SSSR count). The molecule has 0 saturated heterocycles. The lowest BCUT2D eigenvalue weighted by Crippen LogP contribution is -2.46. The highest BCUT2D eigenvalue weighted by molar-refractivity contribution is 6.61. The summed E-state index contributed by atoms with van der Waals surface area (Å²) in [7, 11) is -5.49. The fourth-order valence-corrected chi connectivity index (χ4v) is 13.6. The monoisotopic (exact) mass is 1030 g/mol. The molecule has 0 unspecified atom stereocenters. The molecule has 0 aliphatic rings. The van der Waals surface area contributed by atoms with Gasteiger partial charge in [-0.05, 0) is 139 Å². The number of phenolic OH excluding ortho intramolecular Hbond substituents is 1. The molecule has 72 heavy (non-hydrogen) atoms. The van der Waals surface area contributed by atoms with Gasteiger partial charge in [0.15, 0.2) is 0 Å². The second-order valence-electron chi connectivity index (χ2n) is 19.6. The molecule has 1 heterocycles. The lowest BCUT2D eigenvalue weighted by molar-refractivity contribution is -0.122. The van der Waals surface area contributed by atoms with E-state index in [9.17, 15) is 14.7 Å². The highest BCUT2D eigenvalue weighted by Gasteiger charge is 2.40. The quantitative estimate of drug-likeness (QED) is 0.0262. The first-order valence-corrected chi connectivity index (χ1v) is 30.0. The summed E-state index contributed by atoms with van der Waals surface area (Å²) >= 11 is 0. The Bertz CT molecular complexity index is 2060. The number of phenols is 1. The molecule has 400 valence electrons. The molecule has 0 aliphatic heterocycles. The third-order valence-electron chi connectivity index (χ3n) is 11.8. The first kappa shape index (κ1) is 60.0. The number of carbonyl (C=O) groups is 2. The third-order valence-corrected chi connectivity index (χ3v) is 18.1. The summed E-state index contributed by atoms with van der Waals surface area (Å²) in [6.45, 7) is 29.2. The summed E-state index contributed by atoms with van der Waals surface area (Å²) in [5.74, 6) is 2.30. The van der Waals surface area contributed by atoms with E-state index >= 15 is 0 Å². The highest BCUT2D eigenvalue weighted by Crippen LogP contribution is 2.43. The number of nitrogens with zero attached hydrogens (tertiary/aromatic N) is 1. The normalized spacial score (nSPS) is 12.3. The molecular formula is C55H86N4O11Si2. The molecule has 0 radical (unpaired) electrons. The van der Waals surface area contributed by atoms with Gasteiger partial charge in [0, 0.05) is 105 Å². The first-order chi connectivity index (χ1) is 34.4. The SMILES string of the molecule is CCO[Si](CCCNC(=O)CCCOc1ccc(-c2nc(-c3cc(C(C)(C)C)c(O)c(C(C)(C)C)c3)[nH]c2-c2ccc(OCCCC(=O)NCCC[Si](OCC)(OCC)OCC)cc2)cc1)(OCC)OCC. The fourth-order valence-electron chi connectivity index (χ4n) is 8.36. The van der Waals surface area contributed by atoms with Crippen molar-refractivity contribution in [2.75, 3.05) is 65.9 Å². The van der Waals surface area contributed by atoms with Crippen LogP contribution in [0.3, 0.4) is 0 Å². The topological polar surface area (TPSA) is 181 Å². The molecule has 15 nitrogen and oxygen atoms in total. The summed E-state index contributed by atoms with van der Waals surface area (Å²) in [4.78, 5) is 34.2. The smallest absolute Gasteiger partial charge is 0.500 e. The van der Waals surface area contributed by atoms with Crippen LogP contribution in [0.2, 0.25) is 12.1 Å². The number of ether oxygens (including phenoxy) is 2. The number of H-pyrrole nitrogens is 1. The van der Waals surface area contributed by atoms with Crippen LogP contribution in [0.1, 0.15) is 133 Å². The molecule has 0 bridgehead atoms. The third kappa shape index (κ3) is 18.4. The maximum atomic E-state index is 12.7. The van der Waals surface area contributed by atoms with Gasteiger partial charge in [-0.1, -0.05) is 41.5 Å². The molecule has 0 spiro atoms. The Morgan fingerprint density at radius 3 is 1.29 bits per heavy atom. The summed E-state index contributed by atoms with van der Waals surface area (Å²) in [6, 6.07) is 21.0. The minimum absolute atomic E-state index is 0.0273. The summed E-state index contributed by atoms with van der Waals surface area (Å²) < 4.78 is 47.8. The van der Waals surface area contributed by atoms with Crippen LogP contribution in [-0.2, 0) is 47.0 Å². The van der Waals surface area contributed by atoms with Gasteiger partial charge in [-0.2, -0.15) is 0 Å². The predicted octanol–water partition coefficient (Wildman–Crippen LogP) is 11.1. The van der Waals surface area contributed by atoms with Crippen molar-refractivity contribution in [3.8, 4) is 51.2 Å². The van der Waals surface area contributed by atoms with Crippen molar-refractivity contribution in [3.63, 3.8) is 0 Å². The summed E-state index contributed by atoms with van der Waals surface area (Å²) in [5.41, 5.74) is 5.28. The van der Waals surface area contributed by atoms with E-state index in [4.69, 9.17) is 41.0 Å². The van der Waals surface area contributed by atoms with Crippen LogP contribution in [0.15, 0.2) is 60.7 Å². The van der Waals surface area contributed by atoms with E-state index in [-0.39, 0.29) is 22.6 Å². The number of rotatable bonds is 33. The molecular weight excluding hydrogens is 949 g/mol. The Balaban J connectivity index is 1.43. The number of hydrogen-bond donors (Lipinski definition) is 4. The minimum Gasteiger partial charge on any atom is -0.507 e. The molecule has 0 aliphatic carbocycles. The molecule has 4 aromatic rings. The second-order valence-corrected chi connectivity index (χ2v) is 25.0. The van der Waals surface area contributed by atoms with Gasteiger partial charge in [0.2, 0.25) is 11.8 Å². The number of aromatic nitrogens is 2. The van der Waals surface area contributed by atoms with Crippen LogP contribution in [0, 0.1) is 0 Å². The largest absolute Gasteiger partial charge is 0.507 e. The van der Waals surface area contributed by atoms with Crippen molar-refractivity contribution >= 4 is 29.4 Å². The fraction of sp³-hybridized carbons (Fsp3) is 0.582. The van der Waals surface area contributed by atoms with Crippen molar-refractivity contribution in [3.05, 3.63) is 71.8 Å². The van der Waals surface area contributed by atoms with Crippen LogP contribution in [0.5, 0.6) is 17.2 Å². The zero-order valence-electron chi connectivity index (χ0n) is 45.5. The average molecular weight is 1040 g/mol. The molecule has 4 N–H and O–H groups in total. The van der Waals surface area contributed by atoms with Crippen LogP contribution < -0.4 is 20.1 Å². The molecule has 1 aromatic heterocycles. The number of nitrogens with one attached hydrogen (secondary N) is 3. The minimum atomic E-state index is -2.74. The van der Waals surface area contributed by atoms with Gasteiger partial charge in [-0.25, -0.2) is 4.98 Å². The second kappa shape index (κ2) is 29.3. The van der Waals surface area contributed by atoms with Gasteiger partial charge in [-0.15, -0.1) is 0 Å². The maximum Gasteiger partial charge on any atom is 0.500 e. The number of aromatic amines is 1. The van der Waals surface area contributed by atoms with Gasteiger partial charge in [0.05, 0.1) is 24.6 Å². The highest BCUT2D eigenvalue weighted by atomic mass is 28.4. The van der Waals surface area contributed by atoms with Crippen molar-refractivity contribution in [1.29, 1.82) is 0 Å². The Morgan fingerprint density at radius 1 is 0.556 bits per heavy atom. The maximum absolute atomic E-state index is 12.7. The van der Waals surface area contributed by atoms with Crippen LogP contribution in [-0.4, -0.2) is 110 Å². The first-order valence-electron chi connectivity index (χ1n) is 26.2. The van der Waals surface area contributed by atoms with Gasteiger partial charge in [-0.3, -0.25) is 9.59 Å². The van der Waals surface area contributed by atoms with E-state index < -0.39 is 17.6 Å². The van der Waals surface area contributed by atoms with E-state index in [2.05, 4.69) is 57.2 Å². The van der Waals surface area contributed by atoms with E-state index in [1.54, 1.807) is 0 Å². The van der Waals surface area contributed by atoms with Crippen LogP contribution in [0.25, 0.3) is 33.9 Å². The Kier molecular flexibility index (Phi) is 24.4. The Labute approximate surface area is 432 Å². The molecule has 0 saturated carbocycles. The predicted molar refractivity (Wildman–Crippen MR) is 290 cm³/mol. The van der Waals surface area contributed by atoms with Crippen molar-refractivity contribution < 1.29 is 50.7 Å². The lowest BCUT2D eigenvalue weighted by atomic mass is 9.78. The average Bonchev–Trinajstić information content (AvgIpc) is 3.78. The number of carbonyl (C=O) groups excluding carboxylic acids is 2. The molecule has 2 amide bonds. The van der Waals surface area contributed by atoms with Crippen molar-refractivity contribution in [2.24, 2.45) is 0 Å². The zero-order valence-corrected chi connectivity index (χ0v) is 47.5. The molecule has 3 aromatic carbocycles. The summed E-state index contributed by atoms with van der Waals surface area (Å²) in [5, 5.41) is 17.5. The Hall–Kier alpha value is -4.60. The van der Waals surface area contributed by atoms with E-state index in [1.165, 1.54) is 0 Å². The Morgan fingerprint density at radius 2 is 0.931 bits per heavy atom. The molecule has 0 atom stereocenters. The van der Waals surface area contributed by atoms with Gasteiger partial charge < -0.3 is 56.8 Å². The zero-order chi connectivity index (χ0) is 52.8. The standard InChI is InChI=1S/C55H86N4O11Si2/c1-13-65-71(66-14-2,67-15-3)37-21-33-56-48(60)23-19-35-63-44-29-25-41(26-30-44)50-51(59-53(58-50)43-39-46(54(7,8)9)52(62)47(40-43)55(10,11)12)42-27-31-45(32-28-42)64-36-20-24-49(61)57-34-22-38-72(68-16-4,69-17-5)70-18-6/h25-32,39-40,62H,13-24,33-38H2,1-12H3,(H,56,60)(H,57,61)(H,58,59). The number of benzene rings is 3. The van der Waals surface area contributed by atoms with Crippen LogP contribution in [0.4, 0.5) is 0 Å². The summed E-state index contributed by atoms with van der Waals surface area (Å²) in [6.07, 6.45) is 3.23. The van der Waals surface area contributed by atoms with Crippen molar-refractivity contribution in [1.82, 2.24) is 20.6 Å². The number of hydrogen-bond acceptors (Lipinski definition) is 12. The van der Waals surface area contributed by atoms with E-state index in [0.717, 1.165) is 39.2 Å². The van der Waals surface area contributed by atoms with Crippen molar-refractivity contribution in [2.45, 2.75) is 145 Å². The molecule has 0 fully saturated rings. The molecule has 17 heteroatoms. The lowest BCUT2D eigenvalue weighted by Gasteiger charge is -2.28.